The number of carbonyl (C=O) groups is 2. The number of hydrogen-bond donors (Lipinski definition) is 2. The lowest BCUT2D eigenvalue weighted by Gasteiger charge is -2.09. The van der Waals surface area contributed by atoms with E-state index in [-0.39, 0.29) is 20.6 Å². The van der Waals surface area contributed by atoms with Gasteiger partial charge in [0.2, 0.25) is 0 Å². The first-order valence-electron chi connectivity index (χ1n) is 5.67. The minimum Gasteiger partial charge on any atom is -0.478 e. The number of halogens is 3. The van der Waals surface area contributed by atoms with E-state index < -0.39 is 11.9 Å². The van der Waals surface area contributed by atoms with Gasteiger partial charge in [0, 0.05) is 5.56 Å². The lowest BCUT2D eigenvalue weighted by Crippen LogP contribution is -2.12. The number of carbonyl (C=O) groups excluding carboxylic acids is 1. The van der Waals surface area contributed by atoms with Crippen molar-refractivity contribution in [2.24, 2.45) is 0 Å². The molecule has 0 bridgehead atoms. The molecule has 2 aromatic carbocycles. The summed E-state index contributed by atoms with van der Waals surface area (Å²) in [7, 11) is 0. The van der Waals surface area contributed by atoms with E-state index in [4.69, 9.17) is 39.9 Å². The lowest BCUT2D eigenvalue weighted by atomic mass is 10.1. The van der Waals surface area contributed by atoms with Gasteiger partial charge >= 0.3 is 5.97 Å². The molecule has 0 heterocycles. The molecule has 21 heavy (non-hydrogen) atoms. The zero-order chi connectivity index (χ0) is 15.6. The molecule has 2 aromatic rings. The second kappa shape index (κ2) is 6.35. The Morgan fingerprint density at radius 2 is 1.38 bits per heavy atom. The Morgan fingerprint density at radius 1 is 0.857 bits per heavy atom. The summed E-state index contributed by atoms with van der Waals surface area (Å²) >= 11 is 17.6. The number of carboxylic acid groups (broad SMARTS) is 1. The van der Waals surface area contributed by atoms with Crippen LogP contribution in [0.3, 0.4) is 0 Å². The predicted molar refractivity (Wildman–Crippen MR) is 82.8 cm³/mol. The quantitative estimate of drug-likeness (QED) is 0.800. The zero-order valence-corrected chi connectivity index (χ0v) is 12.6. The van der Waals surface area contributed by atoms with Gasteiger partial charge in [0.25, 0.3) is 5.91 Å². The van der Waals surface area contributed by atoms with Gasteiger partial charge in [-0.05, 0) is 36.4 Å². The minimum absolute atomic E-state index is 0.0964. The van der Waals surface area contributed by atoms with Crippen molar-refractivity contribution in [2.45, 2.75) is 0 Å². The molecule has 0 saturated heterocycles. The van der Waals surface area contributed by atoms with Gasteiger partial charge in [0.05, 0.1) is 26.3 Å². The number of hydrogen-bond acceptors (Lipinski definition) is 2. The summed E-state index contributed by atoms with van der Waals surface area (Å²) in [6.07, 6.45) is 0. The van der Waals surface area contributed by atoms with Crippen molar-refractivity contribution in [3.05, 3.63) is 62.6 Å². The Bertz CT molecular complexity index is 714. The molecule has 0 fully saturated rings. The van der Waals surface area contributed by atoms with Gasteiger partial charge in [-0.15, -0.1) is 0 Å². The van der Waals surface area contributed by atoms with E-state index in [1.165, 1.54) is 36.4 Å². The lowest BCUT2D eigenvalue weighted by molar-refractivity contribution is 0.0696. The number of carboxylic acids is 1. The van der Waals surface area contributed by atoms with Crippen molar-refractivity contribution < 1.29 is 14.7 Å². The van der Waals surface area contributed by atoms with Crippen LogP contribution in [0, 0.1) is 0 Å². The Kier molecular flexibility index (Phi) is 4.73. The van der Waals surface area contributed by atoms with Crippen LogP contribution < -0.4 is 5.32 Å². The summed E-state index contributed by atoms with van der Waals surface area (Å²) < 4.78 is 0. The van der Waals surface area contributed by atoms with Crippen molar-refractivity contribution >= 4 is 52.4 Å². The van der Waals surface area contributed by atoms with Crippen molar-refractivity contribution in [2.75, 3.05) is 5.32 Å². The van der Waals surface area contributed by atoms with E-state index in [9.17, 15) is 9.59 Å². The standard InChI is InChI=1S/C14H8Cl3NO3/c15-9-5-11(17)12(6-10(9)16)18-13(19)7-1-3-8(4-2-7)14(20)21/h1-6H,(H,18,19)(H,20,21). The molecule has 2 N–H and O–H groups in total. The van der Waals surface area contributed by atoms with Crippen molar-refractivity contribution in [1.82, 2.24) is 0 Å². The van der Waals surface area contributed by atoms with E-state index >= 15 is 0 Å². The van der Waals surface area contributed by atoms with Gasteiger partial charge in [-0.1, -0.05) is 34.8 Å². The SMILES string of the molecule is O=C(O)c1ccc(C(=O)Nc2cc(Cl)c(Cl)cc2Cl)cc1. The molecule has 0 radical (unpaired) electrons. The van der Waals surface area contributed by atoms with Crippen LogP contribution in [0.25, 0.3) is 0 Å². The van der Waals surface area contributed by atoms with Crippen LogP contribution in [-0.2, 0) is 0 Å². The largest absolute Gasteiger partial charge is 0.478 e. The number of nitrogens with one attached hydrogen (secondary N) is 1. The van der Waals surface area contributed by atoms with E-state index in [1.807, 2.05) is 0 Å². The van der Waals surface area contributed by atoms with Gasteiger partial charge in [-0.25, -0.2) is 4.79 Å². The van der Waals surface area contributed by atoms with Crippen molar-refractivity contribution in [3.8, 4) is 0 Å². The molecule has 1 amide bonds. The molecular formula is C14H8Cl3NO3. The first-order valence-corrected chi connectivity index (χ1v) is 6.81. The molecule has 7 heteroatoms. The summed E-state index contributed by atoms with van der Waals surface area (Å²) in [4.78, 5) is 22.8. The van der Waals surface area contributed by atoms with Gasteiger partial charge in [-0.2, -0.15) is 0 Å². The Labute approximate surface area is 135 Å². The van der Waals surface area contributed by atoms with Crippen LogP contribution in [0.1, 0.15) is 20.7 Å². The normalized spacial score (nSPS) is 10.2. The molecule has 4 nitrogen and oxygen atoms in total. The molecule has 0 aliphatic heterocycles. The number of amides is 1. The second-order valence-corrected chi connectivity index (χ2v) is 5.30. The van der Waals surface area contributed by atoms with Gasteiger partial charge in [-0.3, -0.25) is 4.79 Å². The average Bonchev–Trinajstić information content (AvgIpc) is 2.44. The fourth-order valence-corrected chi connectivity index (χ4v) is 2.17. The summed E-state index contributed by atoms with van der Waals surface area (Å²) in [6.45, 7) is 0. The fraction of sp³-hybridized carbons (Fsp3) is 0. The number of anilines is 1. The predicted octanol–water partition coefficient (Wildman–Crippen LogP) is 4.60. The summed E-state index contributed by atoms with van der Waals surface area (Å²) in [5.74, 6) is -1.50. The highest BCUT2D eigenvalue weighted by Crippen LogP contribution is 2.32. The second-order valence-electron chi connectivity index (χ2n) is 4.08. The molecule has 2 rings (SSSR count). The van der Waals surface area contributed by atoms with Crippen molar-refractivity contribution in [3.63, 3.8) is 0 Å². The molecular weight excluding hydrogens is 337 g/mol. The summed E-state index contributed by atoms with van der Waals surface area (Å²) in [5.41, 5.74) is 0.708. The maximum Gasteiger partial charge on any atom is 0.335 e. The molecule has 0 atom stereocenters. The highest BCUT2D eigenvalue weighted by atomic mass is 35.5. The van der Waals surface area contributed by atoms with Gasteiger partial charge in [0.15, 0.2) is 0 Å². The van der Waals surface area contributed by atoms with E-state index in [1.54, 1.807) is 0 Å². The number of aromatic carboxylic acids is 1. The van der Waals surface area contributed by atoms with E-state index in [0.717, 1.165) is 0 Å². The third-order valence-corrected chi connectivity index (χ3v) is 3.69. The first-order chi connectivity index (χ1) is 9.88. The molecule has 0 aliphatic carbocycles. The van der Waals surface area contributed by atoms with E-state index in [0.29, 0.717) is 11.3 Å². The van der Waals surface area contributed by atoms with Crippen LogP contribution in [0.4, 0.5) is 5.69 Å². The third-order valence-electron chi connectivity index (χ3n) is 2.65. The molecule has 0 saturated carbocycles. The summed E-state index contributed by atoms with van der Waals surface area (Å²) in [6, 6.07) is 8.36. The smallest absolute Gasteiger partial charge is 0.335 e. The fourth-order valence-electron chi connectivity index (χ4n) is 1.58. The average molecular weight is 345 g/mol. The van der Waals surface area contributed by atoms with E-state index in [2.05, 4.69) is 5.32 Å². The van der Waals surface area contributed by atoms with Gasteiger partial charge < -0.3 is 10.4 Å². The topological polar surface area (TPSA) is 66.4 Å². The van der Waals surface area contributed by atoms with Gasteiger partial charge in [0.1, 0.15) is 0 Å². The van der Waals surface area contributed by atoms with Crippen LogP contribution in [0.15, 0.2) is 36.4 Å². The van der Waals surface area contributed by atoms with Crippen LogP contribution in [-0.4, -0.2) is 17.0 Å². The molecule has 108 valence electrons. The highest BCUT2D eigenvalue weighted by molar-refractivity contribution is 6.44. The monoisotopic (exact) mass is 343 g/mol. The highest BCUT2D eigenvalue weighted by Gasteiger charge is 2.12. The molecule has 0 aliphatic rings. The van der Waals surface area contributed by atoms with Crippen LogP contribution in [0.2, 0.25) is 15.1 Å². The molecule has 0 unspecified atom stereocenters. The Balaban J connectivity index is 2.22. The molecule has 0 spiro atoms. The Hall–Kier alpha value is -1.75. The van der Waals surface area contributed by atoms with Crippen LogP contribution in [0.5, 0.6) is 0 Å². The molecule has 0 aromatic heterocycles. The maximum atomic E-state index is 12.1. The minimum atomic E-state index is -1.06. The Morgan fingerprint density at radius 3 is 1.95 bits per heavy atom. The zero-order valence-electron chi connectivity index (χ0n) is 10.4. The number of benzene rings is 2. The third kappa shape index (κ3) is 3.67. The maximum absolute atomic E-state index is 12.1. The number of rotatable bonds is 3. The summed E-state index contributed by atoms with van der Waals surface area (Å²) in [5, 5.41) is 12.2. The van der Waals surface area contributed by atoms with Crippen LogP contribution >= 0.6 is 34.8 Å². The van der Waals surface area contributed by atoms with Crippen molar-refractivity contribution in [1.29, 1.82) is 0 Å². The first kappa shape index (κ1) is 15.6.